The summed E-state index contributed by atoms with van der Waals surface area (Å²) in [5.74, 6) is -0.0563. The van der Waals surface area contributed by atoms with E-state index in [1.807, 2.05) is 19.9 Å². The van der Waals surface area contributed by atoms with E-state index in [0.717, 1.165) is 37.7 Å². The molecule has 1 N–H and O–H groups in total. The number of rotatable bonds is 11. The van der Waals surface area contributed by atoms with Crippen molar-refractivity contribution in [2.24, 2.45) is 0 Å². The molecule has 3 heteroatoms. The molecule has 3 nitrogen and oxygen atoms in total. The number of aryl methyl sites for hydroxylation is 2. The lowest BCUT2D eigenvalue weighted by Gasteiger charge is -2.34. The van der Waals surface area contributed by atoms with Crippen molar-refractivity contribution in [2.75, 3.05) is 0 Å². The lowest BCUT2D eigenvalue weighted by atomic mass is 9.70. The van der Waals surface area contributed by atoms with Crippen molar-refractivity contribution in [3.05, 3.63) is 76.4 Å². The Morgan fingerprint density at radius 2 is 1.62 bits per heavy atom. The molecule has 3 rings (SSSR count). The summed E-state index contributed by atoms with van der Waals surface area (Å²) in [6.45, 7) is 10.8. The van der Waals surface area contributed by atoms with Gasteiger partial charge in [-0.2, -0.15) is 0 Å². The first-order chi connectivity index (χ1) is 16.3. The molecule has 1 heterocycles. The van der Waals surface area contributed by atoms with Gasteiger partial charge in [-0.1, -0.05) is 82.3 Å². The van der Waals surface area contributed by atoms with Crippen LogP contribution in [0.15, 0.2) is 48.5 Å². The van der Waals surface area contributed by atoms with Crippen LogP contribution in [0.25, 0.3) is 6.08 Å². The van der Waals surface area contributed by atoms with E-state index in [2.05, 4.69) is 69.3 Å². The molecule has 1 aliphatic rings. The zero-order valence-corrected chi connectivity index (χ0v) is 21.7. The van der Waals surface area contributed by atoms with Crippen LogP contribution in [0, 0.1) is 6.92 Å². The van der Waals surface area contributed by atoms with Crippen LogP contribution in [0.3, 0.4) is 0 Å². The van der Waals surface area contributed by atoms with Gasteiger partial charge in [-0.3, -0.25) is 4.79 Å². The average molecular weight is 463 g/mol. The Bertz CT molecular complexity index is 978. The summed E-state index contributed by atoms with van der Waals surface area (Å²) >= 11 is 0. The van der Waals surface area contributed by atoms with Crippen molar-refractivity contribution in [1.29, 1.82) is 0 Å². The maximum atomic E-state index is 11.3. The van der Waals surface area contributed by atoms with Crippen molar-refractivity contribution in [3.8, 4) is 0 Å². The highest BCUT2D eigenvalue weighted by molar-refractivity contribution is 5.71. The molecule has 0 aromatic heterocycles. The van der Waals surface area contributed by atoms with Gasteiger partial charge in [0.15, 0.2) is 0 Å². The smallest absolute Gasteiger partial charge is 0.306 e. The van der Waals surface area contributed by atoms with E-state index >= 15 is 0 Å². The Labute approximate surface area is 206 Å². The van der Waals surface area contributed by atoms with Crippen molar-refractivity contribution < 1.29 is 14.6 Å². The predicted molar refractivity (Wildman–Crippen MR) is 141 cm³/mol. The highest BCUT2D eigenvalue weighted by atomic mass is 16.5. The van der Waals surface area contributed by atoms with Crippen LogP contribution in [-0.2, 0) is 21.4 Å². The molecule has 1 fully saturated rings. The zero-order chi connectivity index (χ0) is 24.8. The summed E-state index contributed by atoms with van der Waals surface area (Å²) in [4.78, 5) is 11.3. The monoisotopic (exact) mass is 462 g/mol. The van der Waals surface area contributed by atoms with Gasteiger partial charge in [-0.25, -0.2) is 0 Å². The first-order valence-corrected chi connectivity index (χ1v) is 13.1. The Hall–Kier alpha value is -2.39. The SMILES string of the molecule is CCC(O)(/C=C/c1ccc(C(CC)(CC)c2ccc(CC[C@@H]3CCC(=O)O3)cc2)cc1C)CC. The lowest BCUT2D eigenvalue weighted by molar-refractivity contribution is -0.141. The van der Waals surface area contributed by atoms with Gasteiger partial charge < -0.3 is 9.84 Å². The third kappa shape index (κ3) is 5.81. The second-order valence-corrected chi connectivity index (χ2v) is 9.89. The maximum absolute atomic E-state index is 11.3. The van der Waals surface area contributed by atoms with E-state index in [9.17, 15) is 9.90 Å². The molecular formula is C31H42O3. The van der Waals surface area contributed by atoms with Gasteiger partial charge in [-0.05, 0) is 79.7 Å². The predicted octanol–water partition coefficient (Wildman–Crippen LogP) is 7.30. The summed E-state index contributed by atoms with van der Waals surface area (Å²) in [6.07, 6.45) is 10.8. The van der Waals surface area contributed by atoms with E-state index in [1.54, 1.807) is 0 Å². The Balaban J connectivity index is 1.80. The molecule has 1 aliphatic heterocycles. The van der Waals surface area contributed by atoms with Crippen LogP contribution in [0.2, 0.25) is 0 Å². The number of carbonyl (C=O) groups is 1. The minimum absolute atomic E-state index is 0.0277. The lowest BCUT2D eigenvalue weighted by Crippen LogP contribution is -2.26. The number of benzene rings is 2. The van der Waals surface area contributed by atoms with Crippen LogP contribution >= 0.6 is 0 Å². The Morgan fingerprint density at radius 1 is 0.971 bits per heavy atom. The topological polar surface area (TPSA) is 46.5 Å². The third-order valence-corrected chi connectivity index (χ3v) is 8.06. The fourth-order valence-electron chi connectivity index (χ4n) is 5.23. The summed E-state index contributed by atoms with van der Waals surface area (Å²) in [6, 6.07) is 15.8. The van der Waals surface area contributed by atoms with Gasteiger partial charge in [0.05, 0.1) is 5.60 Å². The molecule has 2 aromatic rings. The first-order valence-electron chi connectivity index (χ1n) is 13.1. The number of carbonyl (C=O) groups excluding carboxylic acids is 1. The third-order valence-electron chi connectivity index (χ3n) is 8.06. The van der Waals surface area contributed by atoms with E-state index in [4.69, 9.17) is 4.74 Å². The van der Waals surface area contributed by atoms with Crippen molar-refractivity contribution in [2.45, 2.75) is 103 Å². The molecule has 0 unspecified atom stereocenters. The van der Waals surface area contributed by atoms with E-state index in [1.165, 1.54) is 22.3 Å². The number of esters is 1. The Morgan fingerprint density at radius 3 is 2.15 bits per heavy atom. The quantitative estimate of drug-likeness (QED) is 0.356. The van der Waals surface area contributed by atoms with Crippen LogP contribution in [0.1, 0.15) is 100 Å². The molecule has 34 heavy (non-hydrogen) atoms. The van der Waals surface area contributed by atoms with Gasteiger partial charge in [-0.15, -0.1) is 0 Å². The van der Waals surface area contributed by atoms with Gasteiger partial charge in [0.25, 0.3) is 0 Å². The van der Waals surface area contributed by atoms with Crippen molar-refractivity contribution in [1.82, 2.24) is 0 Å². The standard InChI is InChI=1S/C31H42O3/c1-6-30(33,7-2)21-20-25-13-16-27(22-23(25)5)31(8-3,9-4)26-14-10-24(11-15-26)12-17-28-18-19-29(32)34-28/h10-11,13-16,20-22,28,33H,6-9,12,17-19H2,1-5H3/b21-20+/t28-/m1/s1. The van der Waals surface area contributed by atoms with Crippen LogP contribution < -0.4 is 0 Å². The van der Waals surface area contributed by atoms with Crippen molar-refractivity contribution in [3.63, 3.8) is 0 Å². The molecule has 184 valence electrons. The Kier molecular flexibility index (Phi) is 8.76. The van der Waals surface area contributed by atoms with E-state index in [-0.39, 0.29) is 17.5 Å². The van der Waals surface area contributed by atoms with E-state index in [0.29, 0.717) is 19.3 Å². The van der Waals surface area contributed by atoms with Gasteiger partial charge >= 0.3 is 5.97 Å². The fraction of sp³-hybridized carbons (Fsp3) is 0.516. The highest BCUT2D eigenvalue weighted by Crippen LogP contribution is 2.40. The molecule has 0 bridgehead atoms. The molecule has 0 spiro atoms. The second kappa shape index (κ2) is 11.4. The number of hydrogen-bond donors (Lipinski definition) is 1. The molecular weight excluding hydrogens is 420 g/mol. The largest absolute Gasteiger partial charge is 0.462 e. The molecule has 0 radical (unpaired) electrons. The number of hydrogen-bond acceptors (Lipinski definition) is 3. The summed E-state index contributed by atoms with van der Waals surface area (Å²) < 4.78 is 5.37. The molecule has 2 aromatic carbocycles. The number of ether oxygens (including phenoxy) is 1. The van der Waals surface area contributed by atoms with Gasteiger partial charge in [0.2, 0.25) is 0 Å². The maximum Gasteiger partial charge on any atom is 0.306 e. The normalized spacial score (nSPS) is 16.9. The molecule has 0 saturated carbocycles. The van der Waals surface area contributed by atoms with Gasteiger partial charge in [0, 0.05) is 11.8 Å². The zero-order valence-electron chi connectivity index (χ0n) is 21.7. The second-order valence-electron chi connectivity index (χ2n) is 9.89. The number of cyclic esters (lactones) is 1. The first kappa shape index (κ1) is 26.2. The average Bonchev–Trinajstić information content (AvgIpc) is 3.29. The minimum Gasteiger partial charge on any atom is -0.462 e. The molecule has 0 amide bonds. The summed E-state index contributed by atoms with van der Waals surface area (Å²) in [5, 5.41) is 10.6. The van der Waals surface area contributed by atoms with Crippen molar-refractivity contribution >= 4 is 12.0 Å². The molecule has 1 atom stereocenters. The molecule has 0 aliphatic carbocycles. The number of aliphatic hydroxyl groups is 1. The fourth-order valence-corrected chi connectivity index (χ4v) is 5.23. The van der Waals surface area contributed by atoms with Crippen LogP contribution in [0.5, 0.6) is 0 Å². The summed E-state index contributed by atoms with van der Waals surface area (Å²) in [5.41, 5.74) is 5.62. The van der Waals surface area contributed by atoms with E-state index < -0.39 is 5.60 Å². The summed E-state index contributed by atoms with van der Waals surface area (Å²) in [7, 11) is 0. The van der Waals surface area contributed by atoms with Crippen LogP contribution in [0.4, 0.5) is 0 Å². The molecule has 1 saturated heterocycles. The minimum atomic E-state index is -0.733. The highest BCUT2D eigenvalue weighted by Gasteiger charge is 2.31. The van der Waals surface area contributed by atoms with Gasteiger partial charge in [0.1, 0.15) is 6.10 Å². The van der Waals surface area contributed by atoms with Crippen LogP contribution in [-0.4, -0.2) is 22.8 Å².